The van der Waals surface area contributed by atoms with Crippen molar-refractivity contribution >= 4 is 29.6 Å². The van der Waals surface area contributed by atoms with Crippen LogP contribution in [0.25, 0.3) is 0 Å². The number of rotatable bonds is 5. The number of thioether (sulfide) groups is 1. The van der Waals surface area contributed by atoms with Crippen LogP contribution in [0, 0.1) is 5.82 Å². The molecule has 1 aromatic carbocycles. The van der Waals surface area contributed by atoms with E-state index in [0.29, 0.717) is 12.8 Å². The second-order valence-corrected chi connectivity index (χ2v) is 4.47. The van der Waals surface area contributed by atoms with Gasteiger partial charge in [0, 0.05) is 11.3 Å². The maximum atomic E-state index is 12.9. The Bertz CT molecular complexity index is 343. The molecule has 0 saturated heterocycles. The van der Waals surface area contributed by atoms with Crippen LogP contribution >= 0.6 is 23.4 Å². The second-order valence-electron chi connectivity index (χ2n) is 3.10. The van der Waals surface area contributed by atoms with E-state index in [1.165, 1.54) is 23.9 Å². The summed E-state index contributed by atoms with van der Waals surface area (Å²) in [5, 5.41) is -0.224. The summed E-state index contributed by atoms with van der Waals surface area (Å²) in [7, 11) is 0. The summed E-state index contributed by atoms with van der Waals surface area (Å²) >= 11 is 7.59. The highest BCUT2D eigenvalue weighted by Crippen LogP contribution is 2.33. The lowest BCUT2D eigenvalue weighted by Crippen LogP contribution is -1.94. The SMILES string of the molecule is CSc1cc(F)ccc1C(Cl)CCC=O. The minimum Gasteiger partial charge on any atom is -0.303 e. The largest absolute Gasteiger partial charge is 0.303 e. The molecule has 0 aliphatic carbocycles. The second kappa shape index (κ2) is 6.13. The van der Waals surface area contributed by atoms with Gasteiger partial charge in [-0.05, 0) is 30.4 Å². The number of hydrogen-bond donors (Lipinski definition) is 0. The first kappa shape index (κ1) is 12.5. The number of carbonyl (C=O) groups excluding carboxylic acids is 1. The summed E-state index contributed by atoms with van der Waals surface area (Å²) in [6.45, 7) is 0. The molecule has 0 saturated carbocycles. The van der Waals surface area contributed by atoms with E-state index in [1.807, 2.05) is 6.26 Å². The van der Waals surface area contributed by atoms with Crippen molar-refractivity contribution in [3.63, 3.8) is 0 Å². The number of alkyl halides is 1. The van der Waals surface area contributed by atoms with Crippen LogP contribution in [0.4, 0.5) is 4.39 Å². The number of hydrogen-bond acceptors (Lipinski definition) is 2. The van der Waals surface area contributed by atoms with Crippen molar-refractivity contribution < 1.29 is 9.18 Å². The molecule has 4 heteroatoms. The van der Waals surface area contributed by atoms with E-state index in [4.69, 9.17) is 11.6 Å². The zero-order valence-corrected chi connectivity index (χ0v) is 9.95. The molecule has 1 unspecified atom stereocenters. The van der Waals surface area contributed by atoms with Crippen LogP contribution in [0.3, 0.4) is 0 Å². The Balaban J connectivity index is 2.86. The molecule has 1 atom stereocenters. The first-order chi connectivity index (χ1) is 7.19. The molecule has 1 rings (SSSR count). The average Bonchev–Trinajstić information content (AvgIpc) is 2.25. The van der Waals surface area contributed by atoms with Crippen LogP contribution in [0.2, 0.25) is 0 Å². The highest BCUT2D eigenvalue weighted by atomic mass is 35.5. The van der Waals surface area contributed by atoms with E-state index in [-0.39, 0.29) is 11.2 Å². The van der Waals surface area contributed by atoms with Gasteiger partial charge < -0.3 is 4.79 Å². The van der Waals surface area contributed by atoms with Gasteiger partial charge in [0.2, 0.25) is 0 Å². The number of aldehydes is 1. The van der Waals surface area contributed by atoms with Gasteiger partial charge in [0.25, 0.3) is 0 Å². The van der Waals surface area contributed by atoms with Gasteiger partial charge in [-0.25, -0.2) is 4.39 Å². The molecule has 0 amide bonds. The number of halogens is 2. The van der Waals surface area contributed by atoms with Gasteiger partial charge in [-0.1, -0.05) is 6.07 Å². The Kier molecular flexibility index (Phi) is 5.12. The Hall–Kier alpha value is -0.540. The Labute approximate surface area is 98.0 Å². The van der Waals surface area contributed by atoms with E-state index in [2.05, 4.69) is 0 Å². The molecule has 0 aliphatic rings. The summed E-state index contributed by atoms with van der Waals surface area (Å²) in [5.74, 6) is -0.262. The molecule has 1 aromatic rings. The lowest BCUT2D eigenvalue weighted by molar-refractivity contribution is -0.107. The fourth-order valence-corrected chi connectivity index (χ4v) is 2.37. The molecule has 82 valence electrons. The van der Waals surface area contributed by atoms with Crippen molar-refractivity contribution in [2.24, 2.45) is 0 Å². The van der Waals surface area contributed by atoms with Gasteiger partial charge in [-0.2, -0.15) is 0 Å². The topological polar surface area (TPSA) is 17.1 Å². The molecular weight excluding hydrogens is 235 g/mol. The molecule has 0 radical (unpaired) electrons. The fraction of sp³-hybridized carbons (Fsp3) is 0.364. The Morgan fingerprint density at radius 1 is 1.60 bits per heavy atom. The first-order valence-corrected chi connectivity index (χ1v) is 6.26. The van der Waals surface area contributed by atoms with Crippen LogP contribution in [0.5, 0.6) is 0 Å². The molecule has 0 heterocycles. The monoisotopic (exact) mass is 246 g/mol. The van der Waals surface area contributed by atoms with E-state index in [0.717, 1.165) is 16.7 Å². The van der Waals surface area contributed by atoms with Gasteiger partial charge in [0.1, 0.15) is 12.1 Å². The van der Waals surface area contributed by atoms with Crippen molar-refractivity contribution in [3.8, 4) is 0 Å². The van der Waals surface area contributed by atoms with Gasteiger partial charge in [0.15, 0.2) is 0 Å². The first-order valence-electron chi connectivity index (χ1n) is 4.60. The quantitative estimate of drug-likeness (QED) is 0.447. The van der Waals surface area contributed by atoms with Crippen molar-refractivity contribution in [3.05, 3.63) is 29.6 Å². The summed E-state index contributed by atoms with van der Waals surface area (Å²) < 4.78 is 12.9. The molecule has 1 nitrogen and oxygen atoms in total. The Morgan fingerprint density at radius 2 is 2.33 bits per heavy atom. The minimum atomic E-state index is -0.262. The lowest BCUT2D eigenvalue weighted by atomic mass is 10.1. The zero-order valence-electron chi connectivity index (χ0n) is 8.37. The number of carbonyl (C=O) groups is 1. The molecule has 0 bridgehead atoms. The molecule has 0 N–H and O–H groups in total. The van der Waals surface area contributed by atoms with Gasteiger partial charge >= 0.3 is 0 Å². The van der Waals surface area contributed by atoms with Crippen molar-refractivity contribution in [1.29, 1.82) is 0 Å². The third kappa shape index (κ3) is 3.50. The van der Waals surface area contributed by atoms with E-state index in [1.54, 1.807) is 6.07 Å². The normalized spacial score (nSPS) is 12.5. The zero-order chi connectivity index (χ0) is 11.3. The Morgan fingerprint density at radius 3 is 2.93 bits per heavy atom. The van der Waals surface area contributed by atoms with Crippen LogP contribution < -0.4 is 0 Å². The third-order valence-corrected chi connectivity index (χ3v) is 3.32. The van der Waals surface area contributed by atoms with Crippen LogP contribution in [0.1, 0.15) is 23.8 Å². The molecule has 0 fully saturated rings. The average molecular weight is 247 g/mol. The summed E-state index contributed by atoms with van der Waals surface area (Å²) in [5.41, 5.74) is 0.896. The smallest absolute Gasteiger partial charge is 0.124 e. The van der Waals surface area contributed by atoms with Crippen molar-refractivity contribution in [2.45, 2.75) is 23.1 Å². The maximum Gasteiger partial charge on any atom is 0.124 e. The number of benzene rings is 1. The standard InChI is InChI=1S/C11H12ClFOS/c1-15-11-7-8(13)4-5-9(11)10(12)3-2-6-14/h4-7,10H,2-3H2,1H3. The molecule has 0 spiro atoms. The van der Waals surface area contributed by atoms with Crippen molar-refractivity contribution in [1.82, 2.24) is 0 Å². The molecule has 0 aromatic heterocycles. The van der Waals surface area contributed by atoms with Gasteiger partial charge in [0.05, 0.1) is 5.38 Å². The third-order valence-electron chi connectivity index (χ3n) is 2.07. The predicted molar refractivity (Wildman–Crippen MR) is 62.1 cm³/mol. The van der Waals surface area contributed by atoms with E-state index in [9.17, 15) is 9.18 Å². The van der Waals surface area contributed by atoms with Gasteiger partial charge in [-0.3, -0.25) is 0 Å². The minimum absolute atomic E-state index is 0.224. The van der Waals surface area contributed by atoms with Crippen LogP contribution in [-0.4, -0.2) is 12.5 Å². The van der Waals surface area contributed by atoms with Gasteiger partial charge in [-0.15, -0.1) is 23.4 Å². The summed E-state index contributed by atoms with van der Waals surface area (Å²) in [6, 6.07) is 4.55. The highest BCUT2D eigenvalue weighted by Gasteiger charge is 2.12. The van der Waals surface area contributed by atoms with Crippen molar-refractivity contribution in [2.75, 3.05) is 6.26 Å². The van der Waals surface area contributed by atoms with E-state index >= 15 is 0 Å². The lowest BCUT2D eigenvalue weighted by Gasteiger charge is -2.12. The van der Waals surface area contributed by atoms with Crippen LogP contribution in [0.15, 0.2) is 23.1 Å². The molecule has 0 aliphatic heterocycles. The highest BCUT2D eigenvalue weighted by molar-refractivity contribution is 7.98. The fourth-order valence-electron chi connectivity index (χ4n) is 1.31. The summed E-state index contributed by atoms with van der Waals surface area (Å²) in [6.07, 6.45) is 3.74. The molecular formula is C11H12ClFOS. The van der Waals surface area contributed by atoms with Crippen LogP contribution in [-0.2, 0) is 4.79 Å². The van der Waals surface area contributed by atoms with E-state index < -0.39 is 0 Å². The maximum absolute atomic E-state index is 12.9. The predicted octanol–water partition coefficient (Wildman–Crippen LogP) is 3.81. The molecule has 15 heavy (non-hydrogen) atoms. The summed E-state index contributed by atoms with van der Waals surface area (Å²) in [4.78, 5) is 11.1.